The van der Waals surface area contributed by atoms with Gasteiger partial charge in [-0.05, 0) is 29.2 Å². The van der Waals surface area contributed by atoms with Gasteiger partial charge in [-0.3, -0.25) is 4.79 Å². The molecule has 0 aliphatic rings. The van der Waals surface area contributed by atoms with E-state index in [-0.39, 0.29) is 17.7 Å². The second-order valence-corrected chi connectivity index (χ2v) is 6.27. The molecule has 1 N–H and O–H groups in total. The molecule has 1 aromatic heterocycles. The van der Waals surface area contributed by atoms with E-state index in [0.717, 1.165) is 11.1 Å². The number of aromatic nitrogens is 2. The Hall–Kier alpha value is -2.66. The molecule has 0 aliphatic heterocycles. The highest BCUT2D eigenvalue weighted by molar-refractivity contribution is 6.30. The van der Waals surface area contributed by atoms with Crippen LogP contribution in [0.2, 0.25) is 5.02 Å². The zero-order valence-electron chi connectivity index (χ0n) is 13.8. The summed E-state index contributed by atoms with van der Waals surface area (Å²) >= 11 is 5.96. The zero-order valence-corrected chi connectivity index (χ0v) is 14.5. The monoisotopic (exact) mass is 355 g/mol. The Bertz CT molecular complexity index is 849. The first kappa shape index (κ1) is 17.2. The van der Waals surface area contributed by atoms with Crippen molar-refractivity contribution in [3.63, 3.8) is 0 Å². The van der Waals surface area contributed by atoms with Gasteiger partial charge in [0.2, 0.25) is 5.89 Å². The van der Waals surface area contributed by atoms with Crippen LogP contribution in [0.25, 0.3) is 0 Å². The Morgan fingerprint density at radius 1 is 1.16 bits per heavy atom. The summed E-state index contributed by atoms with van der Waals surface area (Å²) in [7, 11) is 0. The maximum absolute atomic E-state index is 12.2. The van der Waals surface area contributed by atoms with Gasteiger partial charge in [0.25, 0.3) is 0 Å². The Morgan fingerprint density at radius 2 is 1.96 bits per heavy atom. The summed E-state index contributed by atoms with van der Waals surface area (Å²) in [4.78, 5) is 12.2. The molecule has 1 amide bonds. The molecule has 3 aromatic rings. The van der Waals surface area contributed by atoms with Gasteiger partial charge in [-0.1, -0.05) is 61.0 Å². The van der Waals surface area contributed by atoms with Crippen molar-refractivity contribution in [2.75, 3.05) is 6.54 Å². The van der Waals surface area contributed by atoms with Crippen LogP contribution in [-0.2, 0) is 6.42 Å². The van der Waals surface area contributed by atoms with Crippen LogP contribution in [0.1, 0.15) is 40.5 Å². The molecular weight excluding hydrogens is 338 g/mol. The second-order valence-electron chi connectivity index (χ2n) is 5.83. The lowest BCUT2D eigenvalue weighted by Crippen LogP contribution is -2.27. The van der Waals surface area contributed by atoms with Crippen LogP contribution in [-0.4, -0.2) is 22.6 Å². The van der Waals surface area contributed by atoms with Gasteiger partial charge in [0.15, 0.2) is 0 Å². The van der Waals surface area contributed by atoms with E-state index in [1.807, 2.05) is 55.5 Å². The summed E-state index contributed by atoms with van der Waals surface area (Å²) in [6.07, 6.45) is 0.432. The number of hydrogen-bond donors (Lipinski definition) is 1. The van der Waals surface area contributed by atoms with Gasteiger partial charge in [0.1, 0.15) is 0 Å². The molecule has 0 saturated heterocycles. The van der Waals surface area contributed by atoms with Crippen molar-refractivity contribution in [1.82, 2.24) is 15.5 Å². The summed E-state index contributed by atoms with van der Waals surface area (Å²) in [5, 5.41) is 11.2. The summed E-state index contributed by atoms with van der Waals surface area (Å²) in [6.45, 7) is 2.54. The first-order valence-electron chi connectivity index (χ1n) is 8.02. The van der Waals surface area contributed by atoms with Gasteiger partial charge in [-0.15, -0.1) is 10.2 Å². The van der Waals surface area contributed by atoms with Crippen molar-refractivity contribution in [2.24, 2.45) is 0 Å². The number of amides is 1. The van der Waals surface area contributed by atoms with E-state index < -0.39 is 0 Å². The number of carbonyl (C=O) groups excluding carboxylic acids is 1. The molecule has 0 saturated carbocycles. The number of hydrogen-bond acceptors (Lipinski definition) is 4. The average molecular weight is 356 g/mol. The largest absolute Gasteiger partial charge is 0.417 e. The minimum absolute atomic E-state index is 0.0303. The molecule has 2 aromatic carbocycles. The number of halogens is 1. The fourth-order valence-corrected chi connectivity index (χ4v) is 2.67. The fourth-order valence-electron chi connectivity index (χ4n) is 2.46. The normalized spacial score (nSPS) is 11.9. The molecule has 128 valence electrons. The Kier molecular flexibility index (Phi) is 5.46. The van der Waals surface area contributed by atoms with Crippen LogP contribution in [0.3, 0.4) is 0 Å². The van der Waals surface area contributed by atoms with Crippen molar-refractivity contribution >= 4 is 17.5 Å². The fraction of sp³-hybridized carbons (Fsp3) is 0.211. The minimum Gasteiger partial charge on any atom is -0.417 e. The van der Waals surface area contributed by atoms with E-state index >= 15 is 0 Å². The van der Waals surface area contributed by atoms with E-state index in [1.54, 1.807) is 6.07 Å². The van der Waals surface area contributed by atoms with Gasteiger partial charge < -0.3 is 9.73 Å². The minimum atomic E-state index is -0.368. The molecule has 0 unspecified atom stereocenters. The van der Waals surface area contributed by atoms with Crippen LogP contribution >= 0.6 is 11.6 Å². The second kappa shape index (κ2) is 7.94. The highest BCUT2D eigenvalue weighted by atomic mass is 35.5. The van der Waals surface area contributed by atoms with E-state index in [0.29, 0.717) is 23.9 Å². The molecule has 1 heterocycles. The lowest BCUT2D eigenvalue weighted by molar-refractivity contribution is 0.0915. The molecule has 0 bridgehead atoms. The lowest BCUT2D eigenvalue weighted by atomic mass is 10.0. The smallest absolute Gasteiger partial charge is 0.308 e. The van der Waals surface area contributed by atoms with Crippen LogP contribution < -0.4 is 5.32 Å². The maximum Gasteiger partial charge on any atom is 0.308 e. The predicted octanol–water partition coefficient (Wildman–Crippen LogP) is 3.85. The van der Waals surface area contributed by atoms with E-state index in [4.69, 9.17) is 16.0 Å². The summed E-state index contributed by atoms with van der Waals surface area (Å²) in [5.74, 6) is 0.174. The van der Waals surface area contributed by atoms with Crippen molar-refractivity contribution in [3.8, 4) is 0 Å². The maximum atomic E-state index is 12.2. The molecule has 5 nitrogen and oxygen atoms in total. The van der Waals surface area contributed by atoms with E-state index in [2.05, 4.69) is 15.5 Å². The molecule has 0 aliphatic carbocycles. The first-order chi connectivity index (χ1) is 12.1. The molecular formula is C19H18ClN3O2. The Balaban J connectivity index is 1.57. The quantitative estimate of drug-likeness (QED) is 0.729. The highest BCUT2D eigenvalue weighted by Gasteiger charge is 2.16. The van der Waals surface area contributed by atoms with Gasteiger partial charge >= 0.3 is 11.8 Å². The third-order valence-electron chi connectivity index (χ3n) is 3.84. The highest BCUT2D eigenvalue weighted by Crippen LogP contribution is 2.15. The molecule has 6 heteroatoms. The predicted molar refractivity (Wildman–Crippen MR) is 95.7 cm³/mol. The summed E-state index contributed by atoms with van der Waals surface area (Å²) < 4.78 is 5.45. The topological polar surface area (TPSA) is 68.0 Å². The van der Waals surface area contributed by atoms with Gasteiger partial charge in [0.05, 0.1) is 6.42 Å². The lowest BCUT2D eigenvalue weighted by Gasteiger charge is -2.11. The number of nitrogens with zero attached hydrogens (tertiary/aromatic N) is 2. The molecule has 25 heavy (non-hydrogen) atoms. The molecule has 0 spiro atoms. The van der Waals surface area contributed by atoms with Crippen LogP contribution in [0.5, 0.6) is 0 Å². The van der Waals surface area contributed by atoms with Crippen molar-refractivity contribution in [2.45, 2.75) is 19.3 Å². The van der Waals surface area contributed by atoms with Crippen molar-refractivity contribution in [3.05, 3.63) is 82.5 Å². The van der Waals surface area contributed by atoms with Gasteiger partial charge in [0, 0.05) is 11.6 Å². The molecule has 3 rings (SSSR count). The van der Waals surface area contributed by atoms with Gasteiger partial charge in [-0.25, -0.2) is 0 Å². The SMILES string of the molecule is C[C@H](CNC(=O)c1nnc(Cc2cccc(Cl)c2)o1)c1ccccc1. The number of nitrogens with one attached hydrogen (secondary N) is 1. The van der Waals surface area contributed by atoms with Crippen LogP contribution in [0, 0.1) is 0 Å². The Morgan fingerprint density at radius 3 is 2.72 bits per heavy atom. The third-order valence-corrected chi connectivity index (χ3v) is 4.08. The Labute approximate surface area is 151 Å². The molecule has 1 atom stereocenters. The van der Waals surface area contributed by atoms with Gasteiger partial charge in [-0.2, -0.15) is 0 Å². The average Bonchev–Trinajstić information content (AvgIpc) is 3.08. The number of carbonyl (C=O) groups is 1. The van der Waals surface area contributed by atoms with Crippen molar-refractivity contribution in [1.29, 1.82) is 0 Å². The van der Waals surface area contributed by atoms with Crippen molar-refractivity contribution < 1.29 is 9.21 Å². The van der Waals surface area contributed by atoms with E-state index in [9.17, 15) is 4.79 Å². The zero-order chi connectivity index (χ0) is 17.6. The standard InChI is InChI=1S/C19H18ClN3O2/c1-13(15-7-3-2-4-8-15)12-21-18(24)19-23-22-17(25-19)11-14-6-5-9-16(20)10-14/h2-10,13H,11-12H2,1H3,(H,21,24)/t13-/m1/s1. The summed E-state index contributed by atoms with van der Waals surface area (Å²) in [5.41, 5.74) is 2.11. The molecule has 0 fully saturated rings. The number of rotatable bonds is 6. The van der Waals surface area contributed by atoms with Crippen LogP contribution in [0.15, 0.2) is 59.0 Å². The van der Waals surface area contributed by atoms with E-state index in [1.165, 1.54) is 0 Å². The third kappa shape index (κ3) is 4.67. The van der Waals surface area contributed by atoms with Crippen LogP contribution in [0.4, 0.5) is 0 Å². The first-order valence-corrected chi connectivity index (χ1v) is 8.39. The summed E-state index contributed by atoms with van der Waals surface area (Å²) in [6, 6.07) is 17.4. The molecule has 0 radical (unpaired) electrons. The number of benzene rings is 2.